The number of benzene rings is 1. The molecule has 1 unspecified atom stereocenters. The van der Waals surface area contributed by atoms with Crippen molar-refractivity contribution in [2.45, 2.75) is 6.10 Å². The highest BCUT2D eigenvalue weighted by atomic mass is 32.1. The molecule has 2 aromatic rings. The van der Waals surface area contributed by atoms with E-state index in [1.54, 1.807) is 11.3 Å². The summed E-state index contributed by atoms with van der Waals surface area (Å²) in [5, 5.41) is 2.11. The van der Waals surface area contributed by atoms with Crippen LogP contribution in [-0.4, -0.2) is 19.7 Å². The minimum atomic E-state index is 0.226. The van der Waals surface area contributed by atoms with Crippen LogP contribution >= 0.6 is 11.3 Å². The summed E-state index contributed by atoms with van der Waals surface area (Å²) in [6.07, 6.45) is 0.226. The number of hydrogen-bond acceptors (Lipinski definition) is 3. The molecule has 2 heterocycles. The molecular weight excluding hydrogens is 230 g/mol. The summed E-state index contributed by atoms with van der Waals surface area (Å²) in [5.74, 6) is 0. The molecule has 1 atom stereocenters. The topological polar surface area (TPSA) is 12.5 Å². The fraction of sp³-hybridized carbons (Fsp3) is 0.286. The Morgan fingerprint density at radius 1 is 1.12 bits per heavy atom. The van der Waals surface area contributed by atoms with Crippen molar-refractivity contribution < 1.29 is 4.74 Å². The van der Waals surface area contributed by atoms with Gasteiger partial charge in [0, 0.05) is 23.7 Å². The highest BCUT2D eigenvalue weighted by Crippen LogP contribution is 2.28. The molecule has 1 aromatic heterocycles. The second-order valence-electron chi connectivity index (χ2n) is 4.16. The molecular formula is C14H15NOS. The van der Waals surface area contributed by atoms with E-state index in [2.05, 4.69) is 52.7 Å². The minimum absolute atomic E-state index is 0.226. The lowest BCUT2D eigenvalue weighted by Gasteiger charge is -2.34. The largest absolute Gasteiger partial charge is 0.369 e. The molecule has 0 amide bonds. The Bertz CT molecular complexity index is 454. The van der Waals surface area contributed by atoms with Gasteiger partial charge in [-0.15, -0.1) is 11.3 Å². The van der Waals surface area contributed by atoms with Crippen LogP contribution < -0.4 is 4.90 Å². The van der Waals surface area contributed by atoms with Crippen molar-refractivity contribution in [3.8, 4) is 0 Å². The molecule has 1 saturated heterocycles. The van der Waals surface area contributed by atoms with Crippen LogP contribution in [0.2, 0.25) is 0 Å². The minimum Gasteiger partial charge on any atom is -0.369 e. The molecule has 0 aliphatic carbocycles. The molecule has 17 heavy (non-hydrogen) atoms. The Hall–Kier alpha value is -1.32. The maximum Gasteiger partial charge on any atom is 0.109 e. The lowest BCUT2D eigenvalue weighted by atomic mass is 10.2. The van der Waals surface area contributed by atoms with Crippen molar-refractivity contribution in [1.29, 1.82) is 0 Å². The average molecular weight is 245 g/mol. The smallest absolute Gasteiger partial charge is 0.109 e. The van der Waals surface area contributed by atoms with E-state index in [4.69, 9.17) is 4.74 Å². The van der Waals surface area contributed by atoms with Gasteiger partial charge >= 0.3 is 0 Å². The molecule has 3 heteroatoms. The Morgan fingerprint density at radius 3 is 2.76 bits per heavy atom. The third kappa shape index (κ3) is 2.35. The number of para-hydroxylation sites is 1. The van der Waals surface area contributed by atoms with Crippen molar-refractivity contribution in [3.05, 3.63) is 52.7 Å². The van der Waals surface area contributed by atoms with Gasteiger partial charge in [-0.3, -0.25) is 0 Å². The zero-order chi connectivity index (χ0) is 11.5. The molecule has 2 nitrogen and oxygen atoms in total. The van der Waals surface area contributed by atoms with Crippen LogP contribution in [0.25, 0.3) is 0 Å². The zero-order valence-electron chi connectivity index (χ0n) is 9.58. The first-order valence-corrected chi connectivity index (χ1v) is 6.76. The highest BCUT2D eigenvalue weighted by molar-refractivity contribution is 7.10. The molecule has 88 valence electrons. The van der Waals surface area contributed by atoms with E-state index in [0.717, 1.165) is 19.7 Å². The molecule has 0 saturated carbocycles. The fourth-order valence-corrected chi connectivity index (χ4v) is 2.93. The van der Waals surface area contributed by atoms with E-state index in [0.29, 0.717) is 0 Å². The quantitative estimate of drug-likeness (QED) is 0.804. The lowest BCUT2D eigenvalue weighted by Crippen LogP contribution is -2.38. The van der Waals surface area contributed by atoms with Gasteiger partial charge in [-0.05, 0) is 23.6 Å². The molecule has 0 radical (unpaired) electrons. The van der Waals surface area contributed by atoms with Crippen LogP contribution in [0.1, 0.15) is 11.0 Å². The Kier molecular flexibility index (Phi) is 3.12. The van der Waals surface area contributed by atoms with Crippen molar-refractivity contribution >= 4 is 17.0 Å². The van der Waals surface area contributed by atoms with E-state index in [9.17, 15) is 0 Å². The van der Waals surface area contributed by atoms with Gasteiger partial charge in [-0.25, -0.2) is 0 Å². The number of morpholine rings is 1. The maximum absolute atomic E-state index is 5.84. The summed E-state index contributed by atoms with van der Waals surface area (Å²) in [7, 11) is 0. The van der Waals surface area contributed by atoms with E-state index >= 15 is 0 Å². The number of ether oxygens (including phenoxy) is 1. The van der Waals surface area contributed by atoms with Crippen LogP contribution in [0, 0.1) is 0 Å². The van der Waals surface area contributed by atoms with Gasteiger partial charge in [0.25, 0.3) is 0 Å². The average Bonchev–Trinajstić information content (AvgIpc) is 2.94. The van der Waals surface area contributed by atoms with Gasteiger partial charge in [0.1, 0.15) is 6.10 Å². The van der Waals surface area contributed by atoms with Crippen molar-refractivity contribution in [2.75, 3.05) is 24.6 Å². The first-order valence-electron chi connectivity index (χ1n) is 5.88. The van der Waals surface area contributed by atoms with Crippen molar-refractivity contribution in [1.82, 2.24) is 0 Å². The van der Waals surface area contributed by atoms with Crippen LogP contribution in [-0.2, 0) is 4.74 Å². The molecule has 1 aliphatic heterocycles. The van der Waals surface area contributed by atoms with Crippen LogP contribution in [0.3, 0.4) is 0 Å². The van der Waals surface area contributed by atoms with Gasteiger partial charge in [-0.2, -0.15) is 0 Å². The van der Waals surface area contributed by atoms with Crippen LogP contribution in [0.5, 0.6) is 0 Å². The number of nitrogens with zero attached hydrogens (tertiary/aromatic N) is 1. The van der Waals surface area contributed by atoms with Crippen molar-refractivity contribution in [3.63, 3.8) is 0 Å². The lowest BCUT2D eigenvalue weighted by molar-refractivity contribution is 0.0421. The summed E-state index contributed by atoms with van der Waals surface area (Å²) in [6.45, 7) is 2.73. The van der Waals surface area contributed by atoms with Gasteiger partial charge in [0.2, 0.25) is 0 Å². The van der Waals surface area contributed by atoms with E-state index < -0.39 is 0 Å². The third-order valence-corrected chi connectivity index (χ3v) is 4.01. The Morgan fingerprint density at radius 2 is 2.00 bits per heavy atom. The molecule has 3 rings (SSSR count). The maximum atomic E-state index is 5.84. The molecule has 1 fully saturated rings. The standard InChI is InChI=1S/C14H15NOS/c1-2-5-12(6-3-1)15-8-9-16-13(11-15)14-7-4-10-17-14/h1-7,10,13H,8-9,11H2. The number of anilines is 1. The van der Waals surface area contributed by atoms with Crippen LogP contribution in [0.15, 0.2) is 47.8 Å². The molecule has 1 aromatic carbocycles. The van der Waals surface area contributed by atoms with Crippen LogP contribution in [0.4, 0.5) is 5.69 Å². The summed E-state index contributed by atoms with van der Waals surface area (Å²) in [4.78, 5) is 3.72. The third-order valence-electron chi connectivity index (χ3n) is 3.05. The second kappa shape index (κ2) is 4.90. The van der Waals surface area contributed by atoms with Gasteiger partial charge in [0.15, 0.2) is 0 Å². The fourth-order valence-electron chi connectivity index (χ4n) is 2.17. The SMILES string of the molecule is c1ccc(N2CCOC(c3cccs3)C2)cc1. The summed E-state index contributed by atoms with van der Waals surface area (Å²) in [6, 6.07) is 14.8. The number of rotatable bonds is 2. The summed E-state index contributed by atoms with van der Waals surface area (Å²) in [5.41, 5.74) is 1.29. The molecule has 1 aliphatic rings. The van der Waals surface area contributed by atoms with E-state index in [1.165, 1.54) is 10.6 Å². The van der Waals surface area contributed by atoms with Gasteiger partial charge < -0.3 is 9.64 Å². The predicted molar refractivity (Wildman–Crippen MR) is 71.7 cm³/mol. The summed E-state index contributed by atoms with van der Waals surface area (Å²) >= 11 is 1.78. The molecule has 0 spiro atoms. The Balaban J connectivity index is 1.76. The van der Waals surface area contributed by atoms with Gasteiger partial charge in [-0.1, -0.05) is 24.3 Å². The Labute approximate surface area is 105 Å². The zero-order valence-corrected chi connectivity index (χ0v) is 10.4. The first-order chi connectivity index (χ1) is 8.43. The van der Waals surface area contributed by atoms with E-state index in [1.807, 2.05) is 0 Å². The van der Waals surface area contributed by atoms with Crippen molar-refractivity contribution in [2.24, 2.45) is 0 Å². The molecule has 0 N–H and O–H groups in total. The highest BCUT2D eigenvalue weighted by Gasteiger charge is 2.22. The predicted octanol–water partition coefficient (Wildman–Crippen LogP) is 3.33. The van der Waals surface area contributed by atoms with Gasteiger partial charge in [0.05, 0.1) is 6.61 Å². The second-order valence-corrected chi connectivity index (χ2v) is 5.14. The van der Waals surface area contributed by atoms with E-state index in [-0.39, 0.29) is 6.10 Å². The first kappa shape index (κ1) is 10.8. The summed E-state index contributed by atoms with van der Waals surface area (Å²) < 4.78 is 5.84. The molecule has 0 bridgehead atoms. The monoisotopic (exact) mass is 245 g/mol. The number of thiophene rings is 1. The number of hydrogen-bond donors (Lipinski definition) is 0. The normalized spacial score (nSPS) is 20.5.